The van der Waals surface area contributed by atoms with Gasteiger partial charge >= 0.3 is 6.18 Å². The van der Waals surface area contributed by atoms with Gasteiger partial charge in [0.1, 0.15) is 18.3 Å². The van der Waals surface area contributed by atoms with E-state index < -0.39 is 12.7 Å². The summed E-state index contributed by atoms with van der Waals surface area (Å²) in [5.74, 6) is 6.20. The van der Waals surface area contributed by atoms with Crippen molar-refractivity contribution in [3.8, 4) is 17.6 Å². The van der Waals surface area contributed by atoms with E-state index in [9.17, 15) is 22.8 Å². The molecule has 9 nitrogen and oxygen atoms in total. The van der Waals surface area contributed by atoms with Crippen LogP contribution in [0.25, 0.3) is 10.9 Å². The first kappa shape index (κ1) is 36.0. The van der Waals surface area contributed by atoms with Crippen molar-refractivity contribution in [2.75, 3.05) is 56.8 Å². The summed E-state index contributed by atoms with van der Waals surface area (Å²) in [6.07, 6.45) is -3.08. The van der Waals surface area contributed by atoms with Crippen molar-refractivity contribution in [2.45, 2.75) is 45.5 Å². The number of nitrogens with two attached hydrogens (primary N) is 1. The largest absolute Gasteiger partial charge is 0.495 e. The predicted octanol–water partition coefficient (Wildman–Crippen LogP) is 5.71. The summed E-state index contributed by atoms with van der Waals surface area (Å²) in [5, 5.41) is 6.68. The number of carbonyl (C=O) groups excluding carboxylic acids is 2. The van der Waals surface area contributed by atoms with Crippen LogP contribution in [0.2, 0.25) is 0 Å². The molecule has 2 amide bonds. The van der Waals surface area contributed by atoms with Crippen LogP contribution in [-0.4, -0.2) is 74.3 Å². The van der Waals surface area contributed by atoms with Crippen molar-refractivity contribution in [2.24, 2.45) is 5.92 Å². The number of nitrogens with zero attached hydrogens (tertiary/aromatic N) is 3. The second-order valence-corrected chi connectivity index (χ2v) is 12.9. The standard InChI is InChI=1S/C38H43F3N6O3/c1-24(2)35-36(48)44-18-15-26-12-11-25(20-33(26)46(35)4)16-19-45(3)37(49)27-13-14-34(50-5)31(21-27)43-17-7-8-28-22-29-30(42)9-6-10-32(29)47(28)23-38(39,40)41/h6,9-14,20-22,24,35,43H,15-19,23,42H2,1-5H3,(H,44,48). The minimum absolute atomic E-state index is 0.0275. The third-order valence-electron chi connectivity index (χ3n) is 8.97. The highest BCUT2D eigenvalue weighted by atomic mass is 19.4. The van der Waals surface area contributed by atoms with Gasteiger partial charge in [0.15, 0.2) is 0 Å². The highest BCUT2D eigenvalue weighted by Gasteiger charge is 2.31. The van der Waals surface area contributed by atoms with Gasteiger partial charge in [-0.15, -0.1) is 0 Å². The Balaban J connectivity index is 1.27. The van der Waals surface area contributed by atoms with E-state index in [1.165, 1.54) is 12.7 Å². The number of benzene rings is 3. The first-order valence-corrected chi connectivity index (χ1v) is 16.5. The maximum atomic E-state index is 13.5. The molecule has 12 heteroatoms. The zero-order valence-electron chi connectivity index (χ0n) is 28.9. The molecule has 0 aliphatic carbocycles. The average molecular weight is 689 g/mol. The number of ether oxygens (including phenoxy) is 1. The molecule has 0 bridgehead atoms. The van der Waals surface area contributed by atoms with E-state index in [1.807, 2.05) is 20.9 Å². The molecule has 0 saturated carbocycles. The average Bonchev–Trinajstić information content (AvgIpc) is 3.41. The number of nitrogen functional groups attached to an aromatic ring is 1. The number of amides is 2. The van der Waals surface area contributed by atoms with Gasteiger partial charge in [0.05, 0.1) is 30.6 Å². The zero-order valence-corrected chi connectivity index (χ0v) is 28.9. The second-order valence-electron chi connectivity index (χ2n) is 12.9. The predicted molar refractivity (Wildman–Crippen MR) is 192 cm³/mol. The first-order valence-electron chi connectivity index (χ1n) is 16.5. The number of alkyl halides is 3. The molecule has 0 radical (unpaired) electrons. The molecule has 1 aromatic heterocycles. The van der Waals surface area contributed by atoms with E-state index in [-0.39, 0.29) is 36.0 Å². The van der Waals surface area contributed by atoms with Gasteiger partial charge in [-0.05, 0) is 78.3 Å². The SMILES string of the molecule is COc1ccc(C(=O)N(C)CCc2ccc3c(c2)N(C)C(C(C)C)C(=O)NCC3)cc1NCC#Cc1cc2c(N)cccc2n1CC(F)(F)F. The lowest BCUT2D eigenvalue weighted by Crippen LogP contribution is -2.50. The summed E-state index contributed by atoms with van der Waals surface area (Å²) in [5.41, 5.74) is 11.2. The van der Waals surface area contributed by atoms with E-state index in [1.54, 1.807) is 54.4 Å². The van der Waals surface area contributed by atoms with Crippen LogP contribution in [0, 0.1) is 17.8 Å². The maximum Gasteiger partial charge on any atom is 0.406 e. The fourth-order valence-electron chi connectivity index (χ4n) is 6.44. The highest BCUT2D eigenvalue weighted by molar-refractivity contribution is 5.95. The van der Waals surface area contributed by atoms with E-state index in [0.717, 1.165) is 22.2 Å². The van der Waals surface area contributed by atoms with Crippen LogP contribution in [0.15, 0.2) is 60.7 Å². The van der Waals surface area contributed by atoms with Crippen molar-refractivity contribution in [1.82, 2.24) is 14.8 Å². The number of fused-ring (bicyclic) bond motifs is 2. The molecule has 1 aliphatic rings. The molecule has 50 heavy (non-hydrogen) atoms. The fraction of sp³-hybridized carbons (Fsp3) is 0.368. The van der Waals surface area contributed by atoms with Crippen LogP contribution in [0.1, 0.15) is 41.0 Å². The van der Waals surface area contributed by atoms with E-state index >= 15 is 0 Å². The lowest BCUT2D eigenvalue weighted by molar-refractivity contribution is -0.140. The third-order valence-corrected chi connectivity index (χ3v) is 8.97. The van der Waals surface area contributed by atoms with Gasteiger partial charge in [0.2, 0.25) is 5.91 Å². The highest BCUT2D eigenvalue weighted by Crippen LogP contribution is 2.30. The quantitative estimate of drug-likeness (QED) is 0.154. The number of carbonyl (C=O) groups is 2. The first-order chi connectivity index (χ1) is 23.8. The molecule has 4 N–H and O–H groups in total. The van der Waals surface area contributed by atoms with Gasteiger partial charge in [-0.2, -0.15) is 13.2 Å². The Labute approximate surface area is 290 Å². The smallest absolute Gasteiger partial charge is 0.406 e. The summed E-state index contributed by atoms with van der Waals surface area (Å²) in [6.45, 7) is 4.03. The van der Waals surface area contributed by atoms with Gasteiger partial charge in [0.25, 0.3) is 5.91 Å². The van der Waals surface area contributed by atoms with Crippen LogP contribution >= 0.6 is 0 Å². The second kappa shape index (κ2) is 15.1. The molecular formula is C38H43F3N6O3. The number of aromatic nitrogens is 1. The van der Waals surface area contributed by atoms with Crippen molar-refractivity contribution in [3.05, 3.63) is 83.0 Å². The van der Waals surface area contributed by atoms with E-state index in [0.29, 0.717) is 53.1 Å². The Hall–Kier alpha value is -5.31. The normalized spacial score (nSPS) is 14.7. The number of rotatable bonds is 9. The molecule has 0 spiro atoms. The van der Waals surface area contributed by atoms with Gasteiger partial charge in [-0.3, -0.25) is 9.59 Å². The lowest BCUT2D eigenvalue weighted by atomic mass is 9.96. The minimum Gasteiger partial charge on any atom is -0.495 e. The molecule has 1 unspecified atom stereocenters. The van der Waals surface area contributed by atoms with Crippen molar-refractivity contribution in [3.63, 3.8) is 0 Å². The monoisotopic (exact) mass is 688 g/mol. The number of likely N-dealkylation sites (N-methyl/N-ethyl adjacent to an activating group) is 2. The Kier molecular flexibility index (Phi) is 10.8. The van der Waals surface area contributed by atoms with E-state index in [2.05, 4.69) is 45.6 Å². The maximum absolute atomic E-state index is 13.5. The summed E-state index contributed by atoms with van der Waals surface area (Å²) in [4.78, 5) is 30.0. The Morgan fingerprint density at radius 1 is 1.16 bits per heavy atom. The molecule has 3 aromatic carbocycles. The van der Waals surface area contributed by atoms with Crippen LogP contribution in [-0.2, 0) is 24.2 Å². The molecule has 1 atom stereocenters. The fourth-order valence-corrected chi connectivity index (χ4v) is 6.44. The number of nitrogens with one attached hydrogen (secondary N) is 2. The van der Waals surface area contributed by atoms with Crippen LogP contribution in [0.3, 0.4) is 0 Å². The molecule has 5 rings (SSSR count). The van der Waals surface area contributed by atoms with E-state index in [4.69, 9.17) is 10.5 Å². The molecule has 0 saturated heterocycles. The Morgan fingerprint density at radius 3 is 2.66 bits per heavy atom. The summed E-state index contributed by atoms with van der Waals surface area (Å²) in [6, 6.07) is 17.5. The molecule has 1 aliphatic heterocycles. The van der Waals surface area contributed by atoms with Gasteiger partial charge < -0.3 is 35.5 Å². The Bertz CT molecular complexity index is 1940. The number of anilines is 3. The van der Waals surface area contributed by atoms with Crippen molar-refractivity contribution >= 4 is 39.8 Å². The third kappa shape index (κ3) is 8.10. The molecular weight excluding hydrogens is 645 g/mol. The molecule has 0 fully saturated rings. The van der Waals surface area contributed by atoms with Crippen LogP contribution < -0.4 is 26.0 Å². The van der Waals surface area contributed by atoms with Crippen molar-refractivity contribution in [1.29, 1.82) is 0 Å². The van der Waals surface area contributed by atoms with Crippen molar-refractivity contribution < 1.29 is 27.5 Å². The number of halogens is 3. The Morgan fingerprint density at radius 2 is 1.94 bits per heavy atom. The molecule has 264 valence electrons. The zero-order chi connectivity index (χ0) is 36.2. The minimum atomic E-state index is -4.44. The summed E-state index contributed by atoms with van der Waals surface area (Å²) < 4.78 is 46.8. The van der Waals surface area contributed by atoms with Gasteiger partial charge in [-0.1, -0.05) is 38.0 Å². The topological polar surface area (TPSA) is 105 Å². The summed E-state index contributed by atoms with van der Waals surface area (Å²) in [7, 11) is 5.21. The lowest BCUT2D eigenvalue weighted by Gasteiger charge is -2.35. The summed E-state index contributed by atoms with van der Waals surface area (Å²) >= 11 is 0. The van der Waals surface area contributed by atoms with Gasteiger partial charge in [-0.25, -0.2) is 0 Å². The van der Waals surface area contributed by atoms with Crippen LogP contribution in [0.5, 0.6) is 5.75 Å². The molecule has 2 heterocycles. The molecule has 4 aromatic rings. The van der Waals surface area contributed by atoms with Gasteiger partial charge in [0, 0.05) is 49.5 Å². The number of methoxy groups -OCH3 is 1. The number of hydrogen-bond acceptors (Lipinski definition) is 6. The van der Waals surface area contributed by atoms with Crippen LogP contribution in [0.4, 0.5) is 30.2 Å². The number of hydrogen-bond donors (Lipinski definition) is 3.